The van der Waals surface area contributed by atoms with Crippen molar-refractivity contribution in [1.29, 1.82) is 0 Å². The van der Waals surface area contributed by atoms with Crippen molar-refractivity contribution >= 4 is 29.4 Å². The smallest absolute Gasteiger partial charge is 0.237 e. The third-order valence-corrected chi connectivity index (χ3v) is 6.46. The number of nitrogens with one attached hydrogen (secondary N) is 2. The number of hydrogen-bond donors (Lipinski definition) is 2. The molecule has 0 radical (unpaired) electrons. The van der Waals surface area contributed by atoms with Crippen LogP contribution in [0.4, 0.5) is 0 Å². The fraction of sp³-hybridized carbons (Fsp3) is 0.500. The lowest BCUT2D eigenvalue weighted by Crippen LogP contribution is -2.41. The molecule has 1 aliphatic heterocycles. The van der Waals surface area contributed by atoms with Gasteiger partial charge >= 0.3 is 0 Å². The number of rotatable bonds is 7. The molecule has 0 aliphatic carbocycles. The highest BCUT2D eigenvalue weighted by Gasteiger charge is 2.27. The monoisotopic (exact) mass is 458 g/mol. The highest BCUT2D eigenvalue weighted by atomic mass is 32.1. The van der Waals surface area contributed by atoms with Crippen LogP contribution in [-0.2, 0) is 20.9 Å². The summed E-state index contributed by atoms with van der Waals surface area (Å²) in [6, 6.07) is 8.06. The molecule has 2 atom stereocenters. The summed E-state index contributed by atoms with van der Waals surface area (Å²) in [5.41, 5.74) is 5.25. The highest BCUT2D eigenvalue weighted by molar-refractivity contribution is 7.13. The van der Waals surface area contributed by atoms with Crippen LogP contribution in [0.1, 0.15) is 44.9 Å². The van der Waals surface area contributed by atoms with Crippen molar-refractivity contribution in [2.45, 2.75) is 59.2 Å². The summed E-state index contributed by atoms with van der Waals surface area (Å²) >= 11 is 1.66. The number of hydrogen-bond acceptors (Lipinski definition) is 6. The minimum Gasteiger partial charge on any atom is -0.351 e. The average Bonchev–Trinajstić information content (AvgIpc) is 3.38. The van der Waals surface area contributed by atoms with E-state index in [1.807, 2.05) is 33.3 Å². The summed E-state index contributed by atoms with van der Waals surface area (Å²) in [6.45, 7) is 8.80. The Morgan fingerprint density at radius 1 is 1.28 bits per heavy atom. The molecule has 0 saturated carbocycles. The highest BCUT2D eigenvalue weighted by Crippen LogP contribution is 2.27. The van der Waals surface area contributed by atoms with Crippen LogP contribution in [0.2, 0.25) is 0 Å². The maximum absolute atomic E-state index is 12.2. The number of benzene rings is 1. The molecule has 1 saturated heterocycles. The average molecular weight is 459 g/mol. The topological polar surface area (TPSA) is 91.4 Å². The zero-order valence-electron chi connectivity index (χ0n) is 19.6. The molecule has 3 rings (SSSR count). The molecule has 2 aromatic rings. The molecule has 0 bridgehead atoms. The van der Waals surface area contributed by atoms with Crippen molar-refractivity contribution in [1.82, 2.24) is 20.5 Å². The van der Waals surface area contributed by atoms with E-state index >= 15 is 0 Å². The van der Waals surface area contributed by atoms with E-state index < -0.39 is 0 Å². The van der Waals surface area contributed by atoms with Crippen LogP contribution < -0.4 is 10.6 Å². The van der Waals surface area contributed by atoms with E-state index in [1.165, 1.54) is 17.4 Å². The SMILES string of the molecule is CC(=O)NC(C=O)C(C)C.Cc1ncsc1-c1ccc(CNC(=O)C2CCCN2C)cc1. The predicted octanol–water partition coefficient (Wildman–Crippen LogP) is 3.17. The lowest BCUT2D eigenvalue weighted by Gasteiger charge is -2.18. The van der Waals surface area contributed by atoms with Crippen molar-refractivity contribution in [3.8, 4) is 10.4 Å². The van der Waals surface area contributed by atoms with Crippen LogP contribution >= 0.6 is 11.3 Å². The number of nitrogens with zero attached hydrogens (tertiary/aromatic N) is 2. The van der Waals surface area contributed by atoms with Crippen LogP contribution in [0, 0.1) is 12.8 Å². The molecule has 1 fully saturated rings. The molecule has 7 nitrogen and oxygen atoms in total. The Bertz CT molecular complexity index is 895. The number of carbonyl (C=O) groups is 3. The van der Waals surface area contributed by atoms with Gasteiger partial charge in [0.25, 0.3) is 0 Å². The summed E-state index contributed by atoms with van der Waals surface area (Å²) in [5.74, 6) is 0.148. The lowest BCUT2D eigenvalue weighted by atomic mass is 10.1. The van der Waals surface area contributed by atoms with E-state index in [2.05, 4.69) is 44.8 Å². The Labute approximate surface area is 194 Å². The summed E-state index contributed by atoms with van der Waals surface area (Å²) in [5, 5.41) is 5.57. The van der Waals surface area contributed by atoms with Crippen molar-refractivity contribution in [2.75, 3.05) is 13.6 Å². The number of aromatic nitrogens is 1. The van der Waals surface area contributed by atoms with Gasteiger partial charge in [-0.2, -0.15) is 0 Å². The minimum absolute atomic E-state index is 0.0408. The van der Waals surface area contributed by atoms with E-state index in [0.29, 0.717) is 6.54 Å². The van der Waals surface area contributed by atoms with Crippen molar-refractivity contribution < 1.29 is 14.4 Å². The standard InChI is InChI=1S/C17H21N3OS.C7H13NO2/c1-12-16(22-11-19-12)14-7-5-13(6-8-14)10-18-17(21)15-4-3-9-20(15)2;1-5(2)7(4-9)8-6(3)10/h5-8,11,15H,3-4,9-10H2,1-2H3,(H,18,21);4-5,7H,1-3H3,(H,8,10). The van der Waals surface area contributed by atoms with Crippen LogP contribution in [0.15, 0.2) is 29.8 Å². The maximum Gasteiger partial charge on any atom is 0.237 e. The lowest BCUT2D eigenvalue weighted by molar-refractivity contribution is -0.125. The van der Waals surface area contributed by atoms with Gasteiger partial charge in [-0.05, 0) is 50.4 Å². The second-order valence-electron chi connectivity index (χ2n) is 8.43. The van der Waals surface area contributed by atoms with Crippen LogP contribution in [0.25, 0.3) is 10.4 Å². The first-order chi connectivity index (χ1) is 15.2. The molecule has 2 N–H and O–H groups in total. The summed E-state index contributed by atoms with van der Waals surface area (Å²) in [7, 11) is 2.02. The van der Waals surface area contributed by atoms with E-state index in [0.717, 1.165) is 36.9 Å². The quantitative estimate of drug-likeness (QED) is 0.622. The van der Waals surface area contributed by atoms with E-state index in [1.54, 1.807) is 11.3 Å². The molecule has 1 aromatic carbocycles. The van der Waals surface area contributed by atoms with Gasteiger partial charge in [-0.3, -0.25) is 14.5 Å². The van der Waals surface area contributed by atoms with Gasteiger partial charge in [-0.15, -0.1) is 11.3 Å². The predicted molar refractivity (Wildman–Crippen MR) is 128 cm³/mol. The Morgan fingerprint density at radius 2 is 1.97 bits per heavy atom. The van der Waals surface area contributed by atoms with Gasteiger partial charge in [-0.1, -0.05) is 38.1 Å². The third kappa shape index (κ3) is 7.53. The van der Waals surface area contributed by atoms with Crippen LogP contribution in [0.3, 0.4) is 0 Å². The van der Waals surface area contributed by atoms with Crippen LogP contribution in [-0.4, -0.2) is 53.7 Å². The largest absolute Gasteiger partial charge is 0.351 e. The van der Waals surface area contributed by atoms with E-state index in [4.69, 9.17) is 0 Å². The number of likely N-dealkylation sites (tertiary alicyclic amines) is 1. The molecule has 0 spiro atoms. The Morgan fingerprint density at radius 3 is 2.41 bits per heavy atom. The van der Waals surface area contributed by atoms with Crippen LogP contribution in [0.5, 0.6) is 0 Å². The second-order valence-corrected chi connectivity index (χ2v) is 9.28. The molecule has 1 aliphatic rings. The zero-order chi connectivity index (χ0) is 23.7. The van der Waals surface area contributed by atoms with Gasteiger partial charge in [0.1, 0.15) is 6.29 Å². The van der Waals surface area contributed by atoms with Crippen molar-refractivity contribution in [3.63, 3.8) is 0 Å². The number of aryl methyl sites for hydroxylation is 1. The Hall–Kier alpha value is -2.58. The second kappa shape index (κ2) is 12.5. The molecule has 2 unspecified atom stereocenters. The number of likely N-dealkylation sites (N-methyl/N-ethyl adjacent to an activating group) is 1. The Kier molecular flexibility index (Phi) is 9.99. The van der Waals surface area contributed by atoms with Crippen molar-refractivity contribution in [3.05, 3.63) is 41.0 Å². The van der Waals surface area contributed by atoms with E-state index in [9.17, 15) is 14.4 Å². The fourth-order valence-corrected chi connectivity index (χ4v) is 4.31. The van der Waals surface area contributed by atoms with Crippen molar-refractivity contribution in [2.24, 2.45) is 5.92 Å². The molecular weight excluding hydrogens is 424 g/mol. The van der Waals surface area contributed by atoms with Gasteiger partial charge in [0, 0.05) is 13.5 Å². The fourth-order valence-electron chi connectivity index (χ4n) is 3.49. The molecule has 174 valence electrons. The van der Waals surface area contributed by atoms with Gasteiger partial charge in [0.2, 0.25) is 11.8 Å². The summed E-state index contributed by atoms with van der Waals surface area (Å²) in [4.78, 5) is 40.5. The zero-order valence-corrected chi connectivity index (χ0v) is 20.4. The number of thiazole rings is 1. The minimum atomic E-state index is -0.336. The number of amides is 2. The normalized spacial score (nSPS) is 16.8. The summed E-state index contributed by atoms with van der Waals surface area (Å²) in [6.07, 6.45) is 2.83. The molecule has 1 aromatic heterocycles. The molecule has 2 heterocycles. The van der Waals surface area contributed by atoms with Gasteiger partial charge in [-0.25, -0.2) is 4.98 Å². The van der Waals surface area contributed by atoms with E-state index in [-0.39, 0.29) is 29.8 Å². The van der Waals surface area contributed by atoms with Gasteiger partial charge < -0.3 is 15.4 Å². The molecule has 32 heavy (non-hydrogen) atoms. The first kappa shape index (κ1) is 25.7. The first-order valence-electron chi connectivity index (χ1n) is 10.9. The summed E-state index contributed by atoms with van der Waals surface area (Å²) < 4.78 is 0. The number of carbonyl (C=O) groups excluding carboxylic acids is 3. The van der Waals surface area contributed by atoms with Gasteiger partial charge in [0.15, 0.2) is 0 Å². The first-order valence-corrected chi connectivity index (χ1v) is 11.8. The molecular formula is C24H34N4O3S. The number of aldehydes is 1. The van der Waals surface area contributed by atoms with Gasteiger partial charge in [0.05, 0.1) is 28.2 Å². The molecule has 8 heteroatoms. The molecule has 2 amide bonds. The third-order valence-electron chi connectivity index (χ3n) is 5.49. The Balaban J connectivity index is 0.000000309. The maximum atomic E-state index is 12.2.